The summed E-state index contributed by atoms with van der Waals surface area (Å²) in [6, 6.07) is 0. The highest BCUT2D eigenvalue weighted by Gasteiger charge is 2.68. The number of carbonyl (C=O) groups excluding carboxylic acids is 2. The van der Waals surface area contributed by atoms with Crippen LogP contribution in [0.15, 0.2) is 0 Å². The van der Waals surface area contributed by atoms with E-state index in [2.05, 4.69) is 34.6 Å². The van der Waals surface area contributed by atoms with Gasteiger partial charge in [-0.15, -0.1) is 0 Å². The summed E-state index contributed by atoms with van der Waals surface area (Å²) in [6.07, 6.45) is 10.5. The van der Waals surface area contributed by atoms with Gasteiger partial charge in [0.1, 0.15) is 17.5 Å². The van der Waals surface area contributed by atoms with Crippen molar-refractivity contribution in [3.63, 3.8) is 0 Å². The molecule has 4 nitrogen and oxygen atoms in total. The molecule has 0 unspecified atom stereocenters. The average molecular weight is 461 g/mol. The monoisotopic (exact) mass is 460 g/mol. The van der Waals surface area contributed by atoms with Crippen molar-refractivity contribution in [2.24, 2.45) is 46.3 Å². The standard InChI is InChI=1S/C29H48O4/c1-18(2)8-7-9-19(3)23-10-11-24-22-16-26(33-20(4)30)29(32)17-21(31)12-15-28(29,6)25(22)13-14-27(23,24)5/h18-19,22-26,32H,7-17H2,1-6H3/t19-,22+,23-,24-,25-,26-,27-,28-,29+/m1/s1. The Kier molecular flexibility index (Phi) is 6.84. The number of Topliss-reactive ketones (excluding diaryl/α,β-unsaturated/α-hetero) is 1. The van der Waals surface area contributed by atoms with Crippen LogP contribution < -0.4 is 0 Å². The van der Waals surface area contributed by atoms with Crippen LogP contribution in [0.25, 0.3) is 0 Å². The number of hydrogen-bond acceptors (Lipinski definition) is 4. The highest BCUT2D eigenvalue weighted by Crippen LogP contribution is 2.69. The van der Waals surface area contributed by atoms with Crippen molar-refractivity contribution in [2.45, 2.75) is 124 Å². The summed E-state index contributed by atoms with van der Waals surface area (Å²) < 4.78 is 5.82. The van der Waals surface area contributed by atoms with E-state index in [9.17, 15) is 14.7 Å². The minimum atomic E-state index is -1.22. The number of rotatable bonds is 6. The smallest absolute Gasteiger partial charge is 0.303 e. The van der Waals surface area contributed by atoms with Crippen LogP contribution in [-0.2, 0) is 14.3 Å². The topological polar surface area (TPSA) is 63.6 Å². The van der Waals surface area contributed by atoms with E-state index in [1.54, 1.807) is 0 Å². The van der Waals surface area contributed by atoms with Gasteiger partial charge in [-0.2, -0.15) is 0 Å². The van der Waals surface area contributed by atoms with Crippen molar-refractivity contribution in [2.75, 3.05) is 0 Å². The highest BCUT2D eigenvalue weighted by atomic mass is 16.6. The van der Waals surface area contributed by atoms with Gasteiger partial charge in [0.25, 0.3) is 0 Å². The number of carbonyl (C=O) groups is 2. The molecule has 188 valence electrons. The van der Waals surface area contributed by atoms with Crippen LogP contribution in [0.1, 0.15) is 112 Å². The molecule has 1 N–H and O–H groups in total. The molecule has 33 heavy (non-hydrogen) atoms. The zero-order chi connectivity index (χ0) is 24.2. The van der Waals surface area contributed by atoms with Crippen molar-refractivity contribution in [3.8, 4) is 0 Å². The van der Waals surface area contributed by atoms with Crippen LogP contribution in [-0.4, -0.2) is 28.6 Å². The zero-order valence-corrected chi connectivity index (χ0v) is 22.0. The van der Waals surface area contributed by atoms with Crippen LogP contribution in [0.3, 0.4) is 0 Å². The van der Waals surface area contributed by atoms with E-state index < -0.39 is 11.7 Å². The van der Waals surface area contributed by atoms with E-state index in [1.165, 1.54) is 45.4 Å². The first-order chi connectivity index (χ1) is 15.4. The summed E-state index contributed by atoms with van der Waals surface area (Å²) >= 11 is 0. The maximum atomic E-state index is 12.4. The molecule has 4 rings (SSSR count). The van der Waals surface area contributed by atoms with Crippen molar-refractivity contribution in [1.29, 1.82) is 0 Å². The van der Waals surface area contributed by atoms with E-state index in [0.29, 0.717) is 29.6 Å². The molecule has 0 aromatic heterocycles. The van der Waals surface area contributed by atoms with E-state index in [4.69, 9.17) is 4.74 Å². The Bertz CT molecular complexity index is 761. The first kappa shape index (κ1) is 25.2. The lowest BCUT2D eigenvalue weighted by molar-refractivity contribution is -0.255. The zero-order valence-electron chi connectivity index (χ0n) is 22.0. The van der Waals surface area contributed by atoms with Gasteiger partial charge in [-0.25, -0.2) is 0 Å². The molecular weight excluding hydrogens is 412 g/mol. The molecule has 4 heteroatoms. The summed E-state index contributed by atoms with van der Waals surface area (Å²) in [5.41, 5.74) is -1.23. The summed E-state index contributed by atoms with van der Waals surface area (Å²) in [5, 5.41) is 12.0. The molecule has 0 amide bonds. The van der Waals surface area contributed by atoms with Crippen LogP contribution >= 0.6 is 0 Å². The van der Waals surface area contributed by atoms with Gasteiger partial charge in [0.2, 0.25) is 0 Å². The minimum Gasteiger partial charge on any atom is -0.459 e. The second-order valence-corrected chi connectivity index (χ2v) is 13.3. The Morgan fingerprint density at radius 2 is 1.82 bits per heavy atom. The van der Waals surface area contributed by atoms with Crippen LogP contribution in [0, 0.1) is 46.3 Å². The third-order valence-electron chi connectivity index (χ3n) is 11.2. The summed E-state index contributed by atoms with van der Waals surface area (Å²) in [5.74, 6) is 3.59. The Balaban J connectivity index is 1.59. The van der Waals surface area contributed by atoms with Gasteiger partial charge >= 0.3 is 5.97 Å². The normalized spacial score (nSPS) is 45.8. The molecule has 0 spiro atoms. The molecule has 4 aliphatic carbocycles. The maximum Gasteiger partial charge on any atom is 0.303 e. The lowest BCUT2D eigenvalue weighted by atomic mass is 9.42. The number of ketones is 1. The molecular formula is C29H48O4. The molecule has 0 aromatic carbocycles. The third kappa shape index (κ3) is 4.10. The van der Waals surface area contributed by atoms with E-state index in [-0.39, 0.29) is 23.6 Å². The second kappa shape index (κ2) is 8.95. The number of esters is 1. The van der Waals surface area contributed by atoms with E-state index in [1.807, 2.05) is 0 Å². The molecule has 0 heterocycles. The van der Waals surface area contributed by atoms with Crippen LogP contribution in [0.5, 0.6) is 0 Å². The summed E-state index contributed by atoms with van der Waals surface area (Å²) in [6.45, 7) is 13.3. The van der Waals surface area contributed by atoms with Gasteiger partial charge in [-0.1, -0.05) is 53.9 Å². The molecule has 9 atom stereocenters. The minimum absolute atomic E-state index is 0.113. The van der Waals surface area contributed by atoms with Crippen molar-refractivity contribution >= 4 is 11.8 Å². The fraction of sp³-hybridized carbons (Fsp3) is 0.931. The predicted octanol–water partition coefficient (Wildman–Crippen LogP) is 6.33. The van der Waals surface area contributed by atoms with Crippen LogP contribution in [0.4, 0.5) is 0 Å². The van der Waals surface area contributed by atoms with Gasteiger partial charge in [0, 0.05) is 25.2 Å². The lowest BCUT2D eigenvalue weighted by Gasteiger charge is -2.65. The van der Waals surface area contributed by atoms with Crippen molar-refractivity contribution < 1.29 is 19.4 Å². The maximum absolute atomic E-state index is 12.4. The second-order valence-electron chi connectivity index (χ2n) is 13.3. The van der Waals surface area contributed by atoms with Crippen LogP contribution in [0.2, 0.25) is 0 Å². The Morgan fingerprint density at radius 1 is 1.09 bits per heavy atom. The SMILES string of the molecule is CC(=O)O[C@@H]1C[C@H]2[C@H]3CC[C@H]([C@H](C)CCCC(C)C)[C@@]3(C)CC[C@H]2[C@@]2(C)CCC(=O)C[C@]12O. The molecule has 4 saturated carbocycles. The van der Waals surface area contributed by atoms with Gasteiger partial charge in [0.05, 0.1) is 0 Å². The fourth-order valence-electron chi connectivity index (χ4n) is 9.41. The summed E-state index contributed by atoms with van der Waals surface area (Å²) in [4.78, 5) is 24.5. The Hall–Kier alpha value is -0.900. The number of aliphatic hydroxyl groups is 1. The van der Waals surface area contributed by atoms with E-state index >= 15 is 0 Å². The van der Waals surface area contributed by atoms with Gasteiger partial charge in [-0.05, 0) is 79.4 Å². The molecule has 0 aromatic rings. The molecule has 0 saturated heterocycles. The molecule has 0 radical (unpaired) electrons. The number of fused-ring (bicyclic) bond motifs is 5. The first-order valence-corrected chi connectivity index (χ1v) is 13.8. The van der Waals surface area contributed by atoms with Crippen molar-refractivity contribution in [1.82, 2.24) is 0 Å². The summed E-state index contributed by atoms with van der Waals surface area (Å²) in [7, 11) is 0. The molecule has 0 bridgehead atoms. The molecule has 0 aliphatic heterocycles. The Morgan fingerprint density at radius 3 is 2.48 bits per heavy atom. The molecule has 4 fully saturated rings. The quantitative estimate of drug-likeness (QED) is 0.470. The molecule has 4 aliphatic rings. The largest absolute Gasteiger partial charge is 0.459 e. The number of hydrogen-bond donors (Lipinski definition) is 1. The fourth-order valence-corrected chi connectivity index (χ4v) is 9.41. The Labute approximate surface area is 201 Å². The number of ether oxygens (including phenoxy) is 1. The van der Waals surface area contributed by atoms with Gasteiger partial charge in [-0.3, -0.25) is 9.59 Å². The lowest BCUT2D eigenvalue weighted by Crippen LogP contribution is -2.69. The average Bonchev–Trinajstić information content (AvgIpc) is 3.07. The van der Waals surface area contributed by atoms with Crippen molar-refractivity contribution in [3.05, 3.63) is 0 Å². The van der Waals surface area contributed by atoms with Gasteiger partial charge < -0.3 is 9.84 Å². The first-order valence-electron chi connectivity index (χ1n) is 13.8. The third-order valence-corrected chi connectivity index (χ3v) is 11.2. The highest BCUT2D eigenvalue weighted by molar-refractivity contribution is 5.81. The predicted molar refractivity (Wildman–Crippen MR) is 130 cm³/mol. The van der Waals surface area contributed by atoms with E-state index in [0.717, 1.165) is 37.0 Å². The van der Waals surface area contributed by atoms with Gasteiger partial charge in [0.15, 0.2) is 0 Å².